The van der Waals surface area contributed by atoms with Gasteiger partial charge in [0.25, 0.3) is 0 Å². The van der Waals surface area contributed by atoms with E-state index in [2.05, 4.69) is 21.8 Å². The van der Waals surface area contributed by atoms with Gasteiger partial charge in [-0.05, 0) is 12.0 Å². The van der Waals surface area contributed by atoms with Crippen LogP contribution >= 0.6 is 11.8 Å². The van der Waals surface area contributed by atoms with Crippen LogP contribution in [-0.2, 0) is 6.54 Å². The zero-order chi connectivity index (χ0) is 14.2. The van der Waals surface area contributed by atoms with Crippen LogP contribution in [0.25, 0.3) is 0 Å². The summed E-state index contributed by atoms with van der Waals surface area (Å²) in [5.41, 5.74) is 7.06. The molecule has 0 unspecified atom stereocenters. The molecule has 2 heterocycles. The van der Waals surface area contributed by atoms with Gasteiger partial charge in [0.2, 0.25) is 5.88 Å². The Morgan fingerprint density at radius 1 is 1.45 bits per heavy atom. The van der Waals surface area contributed by atoms with E-state index >= 15 is 0 Å². The van der Waals surface area contributed by atoms with Crippen LogP contribution in [-0.4, -0.2) is 47.0 Å². The van der Waals surface area contributed by atoms with Crippen molar-refractivity contribution in [2.24, 2.45) is 10.7 Å². The van der Waals surface area contributed by atoms with Crippen molar-refractivity contribution in [1.29, 1.82) is 0 Å². The lowest BCUT2D eigenvalue weighted by molar-refractivity contribution is 0.305. The van der Waals surface area contributed by atoms with E-state index in [1.807, 2.05) is 23.9 Å². The number of nitrogens with zero attached hydrogens (tertiary/aromatic N) is 3. The highest BCUT2D eigenvalue weighted by molar-refractivity contribution is 7.99. The molecule has 1 aliphatic rings. The van der Waals surface area contributed by atoms with Crippen molar-refractivity contribution in [2.75, 3.05) is 31.2 Å². The Morgan fingerprint density at radius 3 is 2.90 bits per heavy atom. The molecule has 0 aliphatic carbocycles. The van der Waals surface area contributed by atoms with Gasteiger partial charge in [0.05, 0.1) is 13.2 Å². The first-order valence-electron chi connectivity index (χ1n) is 7.00. The molecule has 2 N–H and O–H groups in total. The quantitative estimate of drug-likeness (QED) is 0.662. The van der Waals surface area contributed by atoms with Gasteiger partial charge >= 0.3 is 0 Å². The molecule has 5 nitrogen and oxygen atoms in total. The van der Waals surface area contributed by atoms with Crippen LogP contribution in [0.1, 0.15) is 18.9 Å². The lowest BCUT2D eigenvalue weighted by Gasteiger charge is -2.27. The topological polar surface area (TPSA) is 63.7 Å². The Hall–Kier alpha value is -1.43. The highest BCUT2D eigenvalue weighted by Crippen LogP contribution is 2.11. The minimum atomic E-state index is 0.566. The van der Waals surface area contributed by atoms with Crippen molar-refractivity contribution in [2.45, 2.75) is 19.9 Å². The molecule has 2 rings (SSSR count). The first-order chi connectivity index (χ1) is 9.79. The molecule has 0 radical (unpaired) electrons. The number of aromatic nitrogens is 1. The van der Waals surface area contributed by atoms with Crippen LogP contribution in [0.4, 0.5) is 0 Å². The predicted molar refractivity (Wildman–Crippen MR) is 84.2 cm³/mol. The van der Waals surface area contributed by atoms with Crippen molar-refractivity contribution in [3.8, 4) is 5.88 Å². The van der Waals surface area contributed by atoms with Crippen molar-refractivity contribution in [3.63, 3.8) is 0 Å². The predicted octanol–water partition coefficient (Wildman–Crippen LogP) is 1.73. The van der Waals surface area contributed by atoms with Gasteiger partial charge in [-0.15, -0.1) is 0 Å². The van der Waals surface area contributed by atoms with E-state index in [1.165, 1.54) is 0 Å². The fourth-order valence-corrected chi connectivity index (χ4v) is 2.76. The number of aliphatic imine (C=N–C) groups is 1. The lowest BCUT2D eigenvalue weighted by Crippen LogP contribution is -2.42. The van der Waals surface area contributed by atoms with E-state index in [0.717, 1.165) is 36.6 Å². The number of pyridine rings is 1. The van der Waals surface area contributed by atoms with Gasteiger partial charge in [-0.2, -0.15) is 11.8 Å². The Morgan fingerprint density at radius 2 is 2.25 bits per heavy atom. The van der Waals surface area contributed by atoms with Crippen molar-refractivity contribution < 1.29 is 4.74 Å². The average Bonchev–Trinajstić information content (AvgIpc) is 2.52. The molecule has 1 saturated heterocycles. The van der Waals surface area contributed by atoms with Crippen LogP contribution in [0.2, 0.25) is 0 Å². The Labute approximate surface area is 124 Å². The van der Waals surface area contributed by atoms with Gasteiger partial charge in [-0.3, -0.25) is 0 Å². The molecular formula is C14H22N4OS. The molecule has 0 atom stereocenters. The molecule has 0 saturated carbocycles. The third kappa shape index (κ3) is 4.59. The van der Waals surface area contributed by atoms with Gasteiger partial charge in [0.15, 0.2) is 5.96 Å². The standard InChI is InChI=1S/C14H22N4OS/c1-2-7-19-13-4-3-12(10-16-13)11-17-14(15)18-5-8-20-9-6-18/h3-4,10H,2,5-9,11H2,1H3,(H2,15,17). The summed E-state index contributed by atoms with van der Waals surface area (Å²) in [5.74, 6) is 3.56. The van der Waals surface area contributed by atoms with E-state index < -0.39 is 0 Å². The first kappa shape index (κ1) is 15.0. The number of nitrogens with two attached hydrogens (primary N) is 1. The number of guanidine groups is 1. The number of ether oxygens (including phenoxy) is 1. The molecule has 0 aromatic carbocycles. The smallest absolute Gasteiger partial charge is 0.213 e. The molecule has 6 heteroatoms. The zero-order valence-electron chi connectivity index (χ0n) is 11.9. The van der Waals surface area contributed by atoms with Crippen LogP contribution in [0, 0.1) is 0 Å². The summed E-state index contributed by atoms with van der Waals surface area (Å²) in [6, 6.07) is 3.87. The second-order valence-corrected chi connectivity index (χ2v) is 5.85. The molecular weight excluding hydrogens is 272 g/mol. The molecule has 0 spiro atoms. The number of thioether (sulfide) groups is 1. The fourth-order valence-electron chi connectivity index (χ4n) is 1.86. The zero-order valence-corrected chi connectivity index (χ0v) is 12.7. The van der Waals surface area contributed by atoms with E-state index in [1.54, 1.807) is 6.20 Å². The van der Waals surface area contributed by atoms with E-state index in [9.17, 15) is 0 Å². The summed E-state index contributed by atoms with van der Waals surface area (Å²) in [7, 11) is 0. The van der Waals surface area contributed by atoms with E-state index in [-0.39, 0.29) is 0 Å². The monoisotopic (exact) mass is 294 g/mol. The number of rotatable bonds is 5. The number of hydrogen-bond acceptors (Lipinski definition) is 4. The normalized spacial score (nSPS) is 16.2. The molecule has 20 heavy (non-hydrogen) atoms. The second-order valence-electron chi connectivity index (χ2n) is 4.63. The van der Waals surface area contributed by atoms with Gasteiger partial charge in [-0.25, -0.2) is 9.98 Å². The molecule has 1 aliphatic heterocycles. The van der Waals surface area contributed by atoms with Crippen molar-refractivity contribution >= 4 is 17.7 Å². The maximum Gasteiger partial charge on any atom is 0.213 e. The summed E-state index contributed by atoms with van der Waals surface area (Å²) >= 11 is 1.96. The number of hydrogen-bond donors (Lipinski definition) is 1. The highest BCUT2D eigenvalue weighted by Gasteiger charge is 2.11. The fraction of sp³-hybridized carbons (Fsp3) is 0.571. The van der Waals surface area contributed by atoms with Gasteiger partial charge in [-0.1, -0.05) is 13.0 Å². The Kier molecular flexibility index (Phi) is 5.98. The van der Waals surface area contributed by atoms with E-state index in [0.29, 0.717) is 25.0 Å². The van der Waals surface area contributed by atoms with Crippen LogP contribution in [0.5, 0.6) is 5.88 Å². The van der Waals surface area contributed by atoms with Crippen LogP contribution in [0.3, 0.4) is 0 Å². The molecule has 0 amide bonds. The maximum atomic E-state index is 6.01. The molecule has 0 bridgehead atoms. The second kappa shape index (κ2) is 7.99. The average molecular weight is 294 g/mol. The van der Waals surface area contributed by atoms with Gasteiger partial charge in [0.1, 0.15) is 0 Å². The van der Waals surface area contributed by atoms with Gasteiger partial charge in [0, 0.05) is 36.9 Å². The minimum absolute atomic E-state index is 0.566. The van der Waals surface area contributed by atoms with Crippen LogP contribution in [0.15, 0.2) is 23.3 Å². The summed E-state index contributed by atoms with van der Waals surface area (Å²) in [4.78, 5) is 10.8. The van der Waals surface area contributed by atoms with Crippen LogP contribution < -0.4 is 10.5 Å². The molecule has 1 fully saturated rings. The lowest BCUT2D eigenvalue weighted by atomic mass is 10.3. The van der Waals surface area contributed by atoms with Crippen molar-refractivity contribution in [1.82, 2.24) is 9.88 Å². The maximum absolute atomic E-state index is 6.01. The Balaban J connectivity index is 1.85. The largest absolute Gasteiger partial charge is 0.478 e. The third-order valence-corrected chi connectivity index (χ3v) is 3.95. The molecule has 110 valence electrons. The molecule has 1 aromatic rings. The summed E-state index contributed by atoms with van der Waals surface area (Å²) in [5, 5.41) is 0. The summed E-state index contributed by atoms with van der Waals surface area (Å²) < 4.78 is 5.45. The third-order valence-electron chi connectivity index (χ3n) is 3.01. The highest BCUT2D eigenvalue weighted by atomic mass is 32.2. The van der Waals surface area contributed by atoms with Crippen molar-refractivity contribution in [3.05, 3.63) is 23.9 Å². The molecule has 1 aromatic heterocycles. The minimum Gasteiger partial charge on any atom is -0.478 e. The van der Waals surface area contributed by atoms with E-state index in [4.69, 9.17) is 10.5 Å². The summed E-state index contributed by atoms with van der Waals surface area (Å²) in [6.45, 7) is 5.32. The first-order valence-corrected chi connectivity index (χ1v) is 8.15. The van der Waals surface area contributed by atoms with Gasteiger partial charge < -0.3 is 15.4 Å². The Bertz CT molecular complexity index is 429. The SMILES string of the molecule is CCCOc1ccc(CN=C(N)N2CCSCC2)cn1. The summed E-state index contributed by atoms with van der Waals surface area (Å²) in [6.07, 6.45) is 2.78.